The van der Waals surface area contributed by atoms with Crippen molar-refractivity contribution in [3.8, 4) is 0 Å². The summed E-state index contributed by atoms with van der Waals surface area (Å²) in [6, 6.07) is 23.6. The highest BCUT2D eigenvalue weighted by Crippen LogP contribution is 2.66. The number of fused-ring (bicyclic) bond motifs is 3. The maximum absolute atomic E-state index is 13.2. The number of hydrogen-bond acceptors (Lipinski definition) is 3. The Hall–Kier alpha value is -3.70. The number of anilines is 1. The lowest BCUT2D eigenvalue weighted by Crippen LogP contribution is -2.29. The molecule has 36 heavy (non-hydrogen) atoms. The van der Waals surface area contributed by atoms with Gasteiger partial charge < -0.3 is 4.90 Å². The molecular weight excluding hydrogens is 444 g/mol. The molecule has 2 aliphatic heterocycles. The minimum Gasteiger partial charge on any atom is -0.314 e. The van der Waals surface area contributed by atoms with Crippen LogP contribution >= 0.6 is 0 Å². The van der Waals surface area contributed by atoms with Crippen LogP contribution in [0.2, 0.25) is 0 Å². The first kappa shape index (κ1) is 21.6. The van der Waals surface area contributed by atoms with Gasteiger partial charge in [0.25, 0.3) is 0 Å². The number of para-hydroxylation sites is 1. The Morgan fingerprint density at radius 2 is 1.83 bits per heavy atom. The molecule has 0 unspecified atom stereocenters. The average Bonchev–Trinajstić information content (AvgIpc) is 3.14. The van der Waals surface area contributed by atoms with Gasteiger partial charge in [0.05, 0.1) is 16.6 Å². The molecule has 1 amide bonds. The van der Waals surface area contributed by atoms with E-state index in [4.69, 9.17) is 0 Å². The molecule has 1 aliphatic carbocycles. The van der Waals surface area contributed by atoms with Gasteiger partial charge in [-0.2, -0.15) is 5.10 Å². The van der Waals surface area contributed by atoms with Crippen molar-refractivity contribution in [2.45, 2.75) is 37.1 Å². The first-order chi connectivity index (χ1) is 17.6. The normalized spacial score (nSPS) is 23.4. The van der Waals surface area contributed by atoms with Gasteiger partial charge in [-0.25, -0.2) is 0 Å². The quantitative estimate of drug-likeness (QED) is 0.402. The van der Waals surface area contributed by atoms with E-state index in [0.29, 0.717) is 0 Å². The lowest BCUT2D eigenvalue weighted by atomic mass is 9.92. The van der Waals surface area contributed by atoms with Crippen LogP contribution in [0.15, 0.2) is 66.7 Å². The first-order valence-electron chi connectivity index (χ1n) is 13.0. The summed E-state index contributed by atoms with van der Waals surface area (Å²) in [5.74, 6) is 0.426. The van der Waals surface area contributed by atoms with Gasteiger partial charge in [-0.3, -0.25) is 14.8 Å². The van der Waals surface area contributed by atoms with Crippen LogP contribution in [0.4, 0.5) is 5.69 Å². The minimum absolute atomic E-state index is 0.210. The van der Waals surface area contributed by atoms with Crippen molar-refractivity contribution in [1.82, 2.24) is 15.1 Å². The molecule has 4 aromatic rings. The monoisotopic (exact) mass is 474 g/mol. The maximum atomic E-state index is 13.2. The molecule has 2 atom stereocenters. The van der Waals surface area contributed by atoms with Crippen molar-refractivity contribution in [3.05, 3.63) is 94.7 Å². The third-order valence-corrected chi connectivity index (χ3v) is 8.43. The molecule has 5 heteroatoms. The number of hydrogen-bond donors (Lipinski definition) is 1. The summed E-state index contributed by atoms with van der Waals surface area (Å²) in [7, 11) is 1.89. The Morgan fingerprint density at radius 1 is 1.03 bits per heavy atom. The van der Waals surface area contributed by atoms with Crippen molar-refractivity contribution in [1.29, 1.82) is 0 Å². The number of carbonyl (C=O) groups is 1. The summed E-state index contributed by atoms with van der Waals surface area (Å²) in [6.45, 7) is 3.49. The summed E-state index contributed by atoms with van der Waals surface area (Å²) in [5.41, 5.74) is 7.52. The molecule has 1 spiro atoms. The van der Waals surface area contributed by atoms with Crippen LogP contribution in [0.25, 0.3) is 23.1 Å². The number of amides is 1. The van der Waals surface area contributed by atoms with Crippen LogP contribution in [0.1, 0.15) is 53.1 Å². The highest BCUT2D eigenvalue weighted by molar-refractivity contribution is 6.11. The van der Waals surface area contributed by atoms with Gasteiger partial charge in [0, 0.05) is 30.6 Å². The average molecular weight is 475 g/mol. The van der Waals surface area contributed by atoms with Crippen LogP contribution in [0.3, 0.4) is 0 Å². The summed E-state index contributed by atoms with van der Waals surface area (Å²) in [6.07, 6.45) is 7.73. The lowest BCUT2D eigenvalue weighted by molar-refractivity contribution is -0.120. The Morgan fingerprint density at radius 3 is 2.67 bits per heavy atom. The largest absolute Gasteiger partial charge is 0.314 e. The molecule has 1 aromatic heterocycles. The van der Waals surface area contributed by atoms with Gasteiger partial charge in [0.15, 0.2) is 0 Å². The number of rotatable bonds is 5. The molecule has 3 aromatic carbocycles. The number of H-pyrrole nitrogens is 1. The van der Waals surface area contributed by atoms with Crippen LogP contribution < -0.4 is 4.90 Å². The summed E-state index contributed by atoms with van der Waals surface area (Å²) >= 11 is 0. The zero-order valence-electron chi connectivity index (χ0n) is 20.6. The topological polar surface area (TPSA) is 52.2 Å². The third-order valence-electron chi connectivity index (χ3n) is 8.43. The zero-order chi connectivity index (χ0) is 24.3. The van der Waals surface area contributed by atoms with Crippen LogP contribution in [0, 0.1) is 0 Å². The van der Waals surface area contributed by atoms with E-state index in [1.165, 1.54) is 48.2 Å². The predicted octanol–water partition coefficient (Wildman–Crippen LogP) is 5.73. The van der Waals surface area contributed by atoms with E-state index >= 15 is 0 Å². The number of likely N-dealkylation sites (tertiary alicyclic amines) is 1. The SMILES string of the molecule is CN1C(=O)[C@@]2(C[C@H]2c2ccc3c(C=Cc4ccc(CN5CCCC5)cc4)n[nH]c3c2)c2ccccc21. The number of aromatic nitrogens is 2. The van der Waals surface area contributed by atoms with Gasteiger partial charge in [0.2, 0.25) is 5.91 Å². The van der Waals surface area contributed by atoms with Crippen molar-refractivity contribution in [2.75, 3.05) is 25.0 Å². The van der Waals surface area contributed by atoms with Gasteiger partial charge in [-0.15, -0.1) is 0 Å². The standard InChI is InChI=1S/C31H30N4O/c1-34-29-7-3-2-6-25(29)31(30(34)36)19-26(31)23-13-14-24-27(32-33-28(24)18-23)15-12-21-8-10-22(11-9-21)20-35-16-4-5-17-35/h2-3,6-15,18,26H,4-5,16-17,19-20H2,1H3,(H,32,33)/t26-,31-/m0/s1. The fraction of sp³-hybridized carbons (Fsp3) is 0.290. The Labute approximate surface area is 211 Å². The number of nitrogens with zero attached hydrogens (tertiary/aromatic N) is 3. The van der Waals surface area contributed by atoms with Crippen molar-refractivity contribution < 1.29 is 4.79 Å². The van der Waals surface area contributed by atoms with E-state index in [2.05, 4.69) is 81.8 Å². The lowest BCUT2D eigenvalue weighted by Gasteiger charge is -2.14. The van der Waals surface area contributed by atoms with Crippen LogP contribution in [-0.4, -0.2) is 41.1 Å². The van der Waals surface area contributed by atoms with E-state index in [0.717, 1.165) is 35.2 Å². The summed E-state index contributed by atoms with van der Waals surface area (Å²) in [5, 5.41) is 8.89. The second kappa shape index (κ2) is 8.17. The maximum Gasteiger partial charge on any atom is 0.238 e. The molecule has 3 aliphatic rings. The molecule has 0 bridgehead atoms. The number of aromatic amines is 1. The molecular formula is C31H30N4O. The molecule has 1 saturated carbocycles. The molecule has 1 N–H and O–H groups in total. The predicted molar refractivity (Wildman–Crippen MR) is 145 cm³/mol. The molecule has 7 rings (SSSR count). The van der Waals surface area contributed by atoms with Gasteiger partial charge in [-0.05, 0) is 72.8 Å². The van der Waals surface area contributed by atoms with Gasteiger partial charge >= 0.3 is 0 Å². The zero-order valence-corrected chi connectivity index (χ0v) is 20.6. The van der Waals surface area contributed by atoms with Crippen LogP contribution in [0.5, 0.6) is 0 Å². The van der Waals surface area contributed by atoms with Crippen LogP contribution in [-0.2, 0) is 16.8 Å². The van der Waals surface area contributed by atoms with Crippen molar-refractivity contribution in [3.63, 3.8) is 0 Å². The minimum atomic E-state index is -0.400. The Bertz CT molecular complexity index is 1490. The summed E-state index contributed by atoms with van der Waals surface area (Å²) in [4.78, 5) is 17.6. The molecule has 5 nitrogen and oxygen atoms in total. The number of carbonyl (C=O) groups excluding carboxylic acids is 1. The number of likely N-dealkylation sites (N-methyl/N-ethyl adjacent to an activating group) is 1. The van der Waals surface area contributed by atoms with E-state index in [9.17, 15) is 4.79 Å². The van der Waals surface area contributed by atoms with Crippen molar-refractivity contribution >= 4 is 34.6 Å². The smallest absolute Gasteiger partial charge is 0.238 e. The van der Waals surface area contributed by atoms with E-state index in [-0.39, 0.29) is 11.8 Å². The second-order valence-corrected chi connectivity index (χ2v) is 10.6. The molecule has 2 fully saturated rings. The second-order valence-electron chi connectivity index (χ2n) is 10.6. The molecule has 3 heterocycles. The Balaban J connectivity index is 1.10. The molecule has 180 valence electrons. The fourth-order valence-electron chi connectivity index (χ4n) is 6.38. The van der Waals surface area contributed by atoms with E-state index in [1.54, 1.807) is 0 Å². The Kier molecular flexibility index (Phi) is 4.90. The molecule has 0 radical (unpaired) electrons. The first-order valence-corrected chi connectivity index (χ1v) is 13.0. The number of nitrogens with one attached hydrogen (secondary N) is 1. The highest BCUT2D eigenvalue weighted by Gasteiger charge is 2.66. The molecule has 1 saturated heterocycles. The van der Waals surface area contributed by atoms with E-state index < -0.39 is 5.41 Å². The van der Waals surface area contributed by atoms with Gasteiger partial charge in [-0.1, -0.05) is 60.7 Å². The fourth-order valence-corrected chi connectivity index (χ4v) is 6.38. The van der Waals surface area contributed by atoms with Crippen molar-refractivity contribution in [2.24, 2.45) is 0 Å². The van der Waals surface area contributed by atoms with Gasteiger partial charge in [0.1, 0.15) is 0 Å². The number of benzene rings is 3. The highest BCUT2D eigenvalue weighted by atomic mass is 16.2. The van der Waals surface area contributed by atoms with E-state index in [1.807, 2.05) is 24.1 Å². The third kappa shape index (κ3) is 3.34. The summed E-state index contributed by atoms with van der Waals surface area (Å²) < 4.78 is 0.